The number of thioether (sulfide) groups is 1. The second-order valence-corrected chi connectivity index (χ2v) is 5.10. The van der Waals surface area contributed by atoms with E-state index in [9.17, 15) is 0 Å². The summed E-state index contributed by atoms with van der Waals surface area (Å²) < 4.78 is 0. The van der Waals surface area contributed by atoms with Gasteiger partial charge in [0, 0.05) is 21.9 Å². The molecule has 1 aromatic heterocycles. The molecule has 0 aliphatic heterocycles. The molecule has 16 heavy (non-hydrogen) atoms. The Balaban J connectivity index is 1.97. The van der Waals surface area contributed by atoms with Crippen molar-refractivity contribution in [3.8, 4) is 0 Å². The Bertz CT molecular complexity index is 408. The number of halogens is 2. The van der Waals surface area contributed by atoms with Crippen LogP contribution in [0.5, 0.6) is 0 Å². The van der Waals surface area contributed by atoms with E-state index in [4.69, 9.17) is 23.2 Å². The van der Waals surface area contributed by atoms with Gasteiger partial charge in [-0.2, -0.15) is 0 Å². The Morgan fingerprint density at radius 3 is 2.38 bits per heavy atom. The molecule has 0 amide bonds. The van der Waals surface area contributed by atoms with E-state index in [1.807, 2.05) is 30.3 Å². The van der Waals surface area contributed by atoms with Crippen LogP contribution in [-0.4, -0.2) is 4.98 Å². The average Bonchev–Trinajstić information content (AvgIpc) is 2.30. The molecule has 2 rings (SSSR count). The molecule has 0 N–H and O–H groups in total. The second-order valence-electron chi connectivity index (χ2n) is 3.23. The molecular weight excluding hydrogens is 261 g/mol. The molecule has 1 nitrogen and oxygen atoms in total. The molecule has 0 fully saturated rings. The van der Waals surface area contributed by atoms with Crippen LogP contribution in [0.25, 0.3) is 0 Å². The molecule has 0 aliphatic carbocycles. The van der Waals surface area contributed by atoms with Crippen LogP contribution in [0.4, 0.5) is 0 Å². The monoisotopic (exact) mass is 269 g/mol. The summed E-state index contributed by atoms with van der Waals surface area (Å²) >= 11 is 13.3. The average molecular weight is 270 g/mol. The highest BCUT2D eigenvalue weighted by Gasteiger charge is 1.97. The number of hydrogen-bond acceptors (Lipinski definition) is 2. The highest BCUT2D eigenvalue weighted by atomic mass is 35.5. The van der Waals surface area contributed by atoms with Gasteiger partial charge in [-0.05, 0) is 35.9 Å². The van der Waals surface area contributed by atoms with Crippen molar-refractivity contribution in [3.63, 3.8) is 0 Å². The molecule has 0 saturated heterocycles. The number of nitrogens with zero attached hydrogens (tertiary/aromatic N) is 1. The third kappa shape index (κ3) is 3.41. The molecule has 0 unspecified atom stereocenters. The number of rotatable bonds is 3. The van der Waals surface area contributed by atoms with Crippen molar-refractivity contribution in [3.05, 3.63) is 58.3 Å². The van der Waals surface area contributed by atoms with E-state index in [2.05, 4.69) is 4.98 Å². The third-order valence-electron chi connectivity index (χ3n) is 2.01. The van der Waals surface area contributed by atoms with Crippen LogP contribution in [0.2, 0.25) is 10.2 Å². The molecule has 0 radical (unpaired) electrons. The van der Waals surface area contributed by atoms with Gasteiger partial charge in [0.1, 0.15) is 5.15 Å². The Morgan fingerprint density at radius 1 is 1.00 bits per heavy atom. The van der Waals surface area contributed by atoms with Crippen molar-refractivity contribution in [2.24, 2.45) is 0 Å². The Kier molecular flexibility index (Phi) is 4.10. The lowest BCUT2D eigenvalue weighted by Gasteiger charge is -2.01. The minimum absolute atomic E-state index is 0.528. The first-order chi connectivity index (χ1) is 7.74. The Morgan fingerprint density at radius 2 is 1.75 bits per heavy atom. The van der Waals surface area contributed by atoms with E-state index in [0.29, 0.717) is 5.15 Å². The maximum atomic E-state index is 5.81. The highest BCUT2D eigenvalue weighted by molar-refractivity contribution is 7.98. The van der Waals surface area contributed by atoms with E-state index < -0.39 is 0 Å². The molecule has 1 heterocycles. The Hall–Kier alpha value is -0.700. The largest absolute Gasteiger partial charge is 0.244 e. The number of benzene rings is 1. The van der Waals surface area contributed by atoms with Gasteiger partial charge in [-0.3, -0.25) is 0 Å². The van der Waals surface area contributed by atoms with Crippen LogP contribution in [0.15, 0.2) is 47.5 Å². The Labute approximate surface area is 109 Å². The van der Waals surface area contributed by atoms with E-state index >= 15 is 0 Å². The minimum atomic E-state index is 0.528. The maximum Gasteiger partial charge on any atom is 0.129 e. The summed E-state index contributed by atoms with van der Waals surface area (Å²) in [5.41, 5.74) is 1.16. The number of hydrogen-bond donors (Lipinski definition) is 0. The van der Waals surface area contributed by atoms with Crippen molar-refractivity contribution >= 4 is 35.0 Å². The van der Waals surface area contributed by atoms with E-state index in [-0.39, 0.29) is 0 Å². The van der Waals surface area contributed by atoms with Gasteiger partial charge in [-0.25, -0.2) is 4.98 Å². The van der Waals surface area contributed by atoms with Crippen molar-refractivity contribution in [1.82, 2.24) is 4.98 Å². The van der Waals surface area contributed by atoms with Crippen molar-refractivity contribution in [2.45, 2.75) is 10.6 Å². The predicted molar refractivity (Wildman–Crippen MR) is 70.3 cm³/mol. The first-order valence-electron chi connectivity index (χ1n) is 4.73. The van der Waals surface area contributed by atoms with Gasteiger partial charge in [0.25, 0.3) is 0 Å². The van der Waals surface area contributed by atoms with Gasteiger partial charge in [-0.1, -0.05) is 29.3 Å². The third-order valence-corrected chi connectivity index (χ3v) is 3.57. The van der Waals surface area contributed by atoms with Crippen LogP contribution < -0.4 is 0 Å². The first-order valence-corrected chi connectivity index (χ1v) is 6.47. The first kappa shape index (κ1) is 11.8. The summed E-state index contributed by atoms with van der Waals surface area (Å²) in [7, 11) is 0. The molecule has 2 aromatic rings. The van der Waals surface area contributed by atoms with Gasteiger partial charge in [0.05, 0.1) is 0 Å². The quantitative estimate of drug-likeness (QED) is 0.593. The van der Waals surface area contributed by atoms with Gasteiger partial charge in [0.2, 0.25) is 0 Å². The van der Waals surface area contributed by atoms with Crippen LogP contribution in [-0.2, 0) is 5.75 Å². The number of aromatic nitrogens is 1. The van der Waals surface area contributed by atoms with Crippen molar-refractivity contribution in [1.29, 1.82) is 0 Å². The predicted octanol–water partition coefficient (Wildman–Crippen LogP) is 4.68. The standard InChI is InChI=1S/C12H9Cl2NS/c13-10-2-4-11(5-3-10)16-8-9-1-6-12(14)15-7-9/h1-7H,8H2. The second kappa shape index (κ2) is 5.58. The van der Waals surface area contributed by atoms with Crippen LogP contribution in [0, 0.1) is 0 Å². The van der Waals surface area contributed by atoms with E-state index in [1.54, 1.807) is 24.0 Å². The lowest BCUT2D eigenvalue weighted by atomic mass is 10.3. The summed E-state index contributed by atoms with van der Waals surface area (Å²) in [5.74, 6) is 0.881. The zero-order chi connectivity index (χ0) is 11.4. The lowest BCUT2D eigenvalue weighted by molar-refractivity contribution is 1.25. The molecule has 0 saturated carbocycles. The van der Waals surface area contributed by atoms with Gasteiger partial charge < -0.3 is 0 Å². The fraction of sp³-hybridized carbons (Fsp3) is 0.0833. The van der Waals surface area contributed by atoms with Gasteiger partial charge >= 0.3 is 0 Å². The van der Waals surface area contributed by atoms with Crippen LogP contribution >= 0.6 is 35.0 Å². The summed E-state index contributed by atoms with van der Waals surface area (Å²) in [6, 6.07) is 11.6. The smallest absolute Gasteiger partial charge is 0.129 e. The van der Waals surface area contributed by atoms with Gasteiger partial charge in [-0.15, -0.1) is 11.8 Å². The molecular formula is C12H9Cl2NS. The zero-order valence-electron chi connectivity index (χ0n) is 8.36. The topological polar surface area (TPSA) is 12.9 Å². The van der Waals surface area contributed by atoms with Gasteiger partial charge in [0.15, 0.2) is 0 Å². The molecule has 0 atom stereocenters. The lowest BCUT2D eigenvalue weighted by Crippen LogP contribution is -1.82. The molecule has 0 spiro atoms. The molecule has 1 aromatic carbocycles. The van der Waals surface area contributed by atoms with Crippen LogP contribution in [0.1, 0.15) is 5.56 Å². The molecule has 82 valence electrons. The normalized spacial score (nSPS) is 10.4. The fourth-order valence-electron chi connectivity index (χ4n) is 1.19. The maximum absolute atomic E-state index is 5.81. The molecule has 0 aliphatic rings. The van der Waals surface area contributed by atoms with Crippen LogP contribution in [0.3, 0.4) is 0 Å². The fourth-order valence-corrected chi connectivity index (χ4v) is 2.26. The number of pyridine rings is 1. The molecule has 4 heteroatoms. The van der Waals surface area contributed by atoms with Crippen molar-refractivity contribution in [2.75, 3.05) is 0 Å². The summed E-state index contributed by atoms with van der Waals surface area (Å²) in [5, 5.41) is 1.29. The summed E-state index contributed by atoms with van der Waals surface area (Å²) in [6.45, 7) is 0. The van der Waals surface area contributed by atoms with Crippen molar-refractivity contribution < 1.29 is 0 Å². The zero-order valence-corrected chi connectivity index (χ0v) is 10.7. The minimum Gasteiger partial charge on any atom is -0.244 e. The summed E-state index contributed by atoms with van der Waals surface area (Å²) in [4.78, 5) is 5.23. The SMILES string of the molecule is Clc1ccc(SCc2ccc(Cl)nc2)cc1. The van der Waals surface area contributed by atoms with E-state index in [0.717, 1.165) is 16.3 Å². The highest BCUT2D eigenvalue weighted by Crippen LogP contribution is 2.24. The summed E-state index contributed by atoms with van der Waals surface area (Å²) in [6.07, 6.45) is 1.80. The van der Waals surface area contributed by atoms with E-state index in [1.165, 1.54) is 4.90 Å². The molecule has 0 bridgehead atoms.